The van der Waals surface area contributed by atoms with E-state index in [1.54, 1.807) is 6.26 Å². The molecule has 1 rings (SSSR count). The third-order valence-electron chi connectivity index (χ3n) is 4.91. The first-order valence-electron chi connectivity index (χ1n) is 10.7. The number of aliphatic carboxylic acids is 2. The van der Waals surface area contributed by atoms with Crippen LogP contribution in [0.15, 0.2) is 12.5 Å². The zero-order valence-electron chi connectivity index (χ0n) is 19.4. The molecule has 3 amide bonds. The fourth-order valence-corrected chi connectivity index (χ4v) is 3.40. The molecule has 0 aliphatic carbocycles. The summed E-state index contributed by atoms with van der Waals surface area (Å²) < 4.78 is 0. The maximum atomic E-state index is 12.9. The first-order chi connectivity index (χ1) is 16.5. The summed E-state index contributed by atoms with van der Waals surface area (Å²) in [5.41, 5.74) is 6.13. The molecule has 0 saturated heterocycles. The van der Waals surface area contributed by atoms with Crippen molar-refractivity contribution in [2.75, 3.05) is 12.0 Å². The van der Waals surface area contributed by atoms with Gasteiger partial charge < -0.3 is 42.0 Å². The van der Waals surface area contributed by atoms with Crippen LogP contribution in [0.25, 0.3) is 0 Å². The maximum Gasteiger partial charge on any atom is 0.326 e. The lowest BCUT2D eigenvalue weighted by molar-refractivity contribution is -0.142. The van der Waals surface area contributed by atoms with E-state index in [0.29, 0.717) is 11.4 Å². The number of carboxylic acids is 2. The number of aliphatic hydroxyl groups is 1. The predicted octanol–water partition coefficient (Wildman–Crippen LogP) is -2.18. The van der Waals surface area contributed by atoms with Gasteiger partial charge in [0.1, 0.15) is 18.1 Å². The number of hydrogen-bond donors (Lipinski definition) is 8. The number of carboxylic acid groups (broad SMARTS) is 2. The summed E-state index contributed by atoms with van der Waals surface area (Å²) >= 11 is 1.40. The Morgan fingerprint density at radius 3 is 2.23 bits per heavy atom. The Morgan fingerprint density at radius 1 is 1.06 bits per heavy atom. The van der Waals surface area contributed by atoms with Gasteiger partial charge in [0.15, 0.2) is 0 Å². The van der Waals surface area contributed by atoms with Crippen molar-refractivity contribution in [3.05, 3.63) is 18.2 Å². The summed E-state index contributed by atoms with van der Waals surface area (Å²) in [6.07, 6.45) is 2.75. The number of aromatic amines is 1. The molecule has 5 atom stereocenters. The van der Waals surface area contributed by atoms with Crippen molar-refractivity contribution in [2.24, 2.45) is 5.73 Å². The van der Waals surface area contributed by atoms with Crippen molar-refractivity contribution in [3.63, 3.8) is 0 Å². The third kappa shape index (κ3) is 10.7. The van der Waals surface area contributed by atoms with Crippen LogP contribution in [0.1, 0.15) is 31.9 Å². The van der Waals surface area contributed by atoms with Crippen LogP contribution in [0.5, 0.6) is 0 Å². The average molecular weight is 517 g/mol. The van der Waals surface area contributed by atoms with Crippen LogP contribution in [0.4, 0.5) is 0 Å². The number of aromatic nitrogens is 2. The molecule has 0 aliphatic heterocycles. The second kappa shape index (κ2) is 15.0. The lowest BCUT2D eigenvalue weighted by atomic mass is 10.1. The molecule has 196 valence electrons. The van der Waals surface area contributed by atoms with E-state index in [4.69, 9.17) is 10.8 Å². The zero-order chi connectivity index (χ0) is 26.5. The number of thioether (sulfide) groups is 1. The van der Waals surface area contributed by atoms with Crippen LogP contribution in [0.2, 0.25) is 0 Å². The minimum Gasteiger partial charge on any atom is -0.481 e. The molecule has 0 aromatic carbocycles. The van der Waals surface area contributed by atoms with Crippen LogP contribution in [0, 0.1) is 0 Å². The molecule has 0 aliphatic rings. The monoisotopic (exact) mass is 516 g/mol. The van der Waals surface area contributed by atoms with Gasteiger partial charge in [-0.2, -0.15) is 11.8 Å². The topological polar surface area (TPSA) is 237 Å². The number of nitrogens with one attached hydrogen (secondary N) is 4. The molecular formula is C20H32N6O8S. The smallest absolute Gasteiger partial charge is 0.326 e. The standard InChI is InChI=1S/C20H32N6O8S/c1-10(27)16(26-17(30)12(21)3-4-15(28)29)19(32)24-13(5-6-35-2)18(31)25-14(20(33)34)7-11-8-22-9-23-11/h8-10,12-14,16,27H,3-7,21H2,1-2H3,(H,22,23)(H,24,32)(H,25,31)(H,26,30)(H,28,29)(H,33,34). The van der Waals surface area contributed by atoms with E-state index in [2.05, 4.69) is 25.9 Å². The highest BCUT2D eigenvalue weighted by atomic mass is 32.2. The van der Waals surface area contributed by atoms with Gasteiger partial charge in [-0.05, 0) is 31.8 Å². The number of carbonyl (C=O) groups excluding carboxylic acids is 3. The van der Waals surface area contributed by atoms with E-state index in [9.17, 15) is 34.2 Å². The summed E-state index contributed by atoms with van der Waals surface area (Å²) in [7, 11) is 0. The van der Waals surface area contributed by atoms with E-state index in [1.165, 1.54) is 31.2 Å². The molecule has 35 heavy (non-hydrogen) atoms. The fourth-order valence-electron chi connectivity index (χ4n) is 2.93. The van der Waals surface area contributed by atoms with Crippen molar-refractivity contribution in [3.8, 4) is 0 Å². The number of nitrogens with two attached hydrogens (primary N) is 1. The molecule has 0 fully saturated rings. The van der Waals surface area contributed by atoms with E-state index in [0.717, 1.165) is 0 Å². The number of amides is 3. The van der Waals surface area contributed by atoms with Crippen LogP contribution in [0.3, 0.4) is 0 Å². The van der Waals surface area contributed by atoms with Gasteiger partial charge in [-0.3, -0.25) is 19.2 Å². The Hall–Kier alpha value is -3.17. The molecule has 9 N–H and O–H groups in total. The summed E-state index contributed by atoms with van der Waals surface area (Å²) in [4.78, 5) is 66.8. The number of imidazole rings is 1. The molecule has 1 aromatic heterocycles. The summed E-state index contributed by atoms with van der Waals surface area (Å²) in [6.45, 7) is 1.25. The summed E-state index contributed by atoms with van der Waals surface area (Å²) in [5.74, 6) is -4.47. The first-order valence-corrected chi connectivity index (χ1v) is 12.1. The predicted molar refractivity (Wildman–Crippen MR) is 125 cm³/mol. The van der Waals surface area contributed by atoms with Gasteiger partial charge in [-0.15, -0.1) is 0 Å². The van der Waals surface area contributed by atoms with Gasteiger partial charge in [0.2, 0.25) is 17.7 Å². The Labute approximate surface area is 205 Å². The number of rotatable bonds is 16. The van der Waals surface area contributed by atoms with E-state index in [1.807, 2.05) is 0 Å². The maximum absolute atomic E-state index is 12.9. The Bertz CT molecular complexity index is 866. The van der Waals surface area contributed by atoms with Crippen LogP contribution >= 0.6 is 11.8 Å². The van der Waals surface area contributed by atoms with E-state index in [-0.39, 0.29) is 25.7 Å². The number of H-pyrrole nitrogens is 1. The van der Waals surface area contributed by atoms with Crippen molar-refractivity contribution < 1.29 is 39.3 Å². The van der Waals surface area contributed by atoms with Crippen LogP contribution < -0.4 is 21.7 Å². The SMILES string of the molecule is CSCCC(NC(=O)C(NC(=O)C(N)CCC(=O)O)C(C)O)C(=O)NC(Cc1cnc[nH]1)C(=O)O. The lowest BCUT2D eigenvalue weighted by Crippen LogP contribution is -2.60. The quantitative estimate of drug-likeness (QED) is 0.117. The fraction of sp³-hybridized carbons (Fsp3) is 0.600. The Balaban J connectivity index is 2.90. The molecule has 14 nitrogen and oxygen atoms in total. The molecule has 1 heterocycles. The first kappa shape index (κ1) is 29.9. The normalized spacial score (nSPS) is 15.2. The lowest BCUT2D eigenvalue weighted by Gasteiger charge is -2.26. The summed E-state index contributed by atoms with van der Waals surface area (Å²) in [6, 6.07) is -5.16. The number of nitrogens with zero attached hydrogens (tertiary/aromatic N) is 1. The van der Waals surface area contributed by atoms with Crippen molar-refractivity contribution in [1.82, 2.24) is 25.9 Å². The van der Waals surface area contributed by atoms with Crippen LogP contribution in [-0.4, -0.2) is 97.2 Å². The largest absolute Gasteiger partial charge is 0.481 e. The van der Waals surface area contributed by atoms with E-state index < -0.39 is 59.9 Å². The Morgan fingerprint density at radius 2 is 1.71 bits per heavy atom. The van der Waals surface area contributed by atoms with Gasteiger partial charge in [0.25, 0.3) is 0 Å². The second-order valence-electron chi connectivity index (χ2n) is 7.79. The second-order valence-corrected chi connectivity index (χ2v) is 8.77. The third-order valence-corrected chi connectivity index (χ3v) is 5.55. The van der Waals surface area contributed by atoms with Gasteiger partial charge >= 0.3 is 11.9 Å². The van der Waals surface area contributed by atoms with E-state index >= 15 is 0 Å². The molecule has 0 saturated carbocycles. The average Bonchev–Trinajstić information content (AvgIpc) is 3.30. The minimum atomic E-state index is -1.48. The zero-order valence-corrected chi connectivity index (χ0v) is 20.2. The highest BCUT2D eigenvalue weighted by Crippen LogP contribution is 2.06. The minimum absolute atomic E-state index is 0.0646. The molecule has 0 radical (unpaired) electrons. The number of carbonyl (C=O) groups is 5. The van der Waals surface area contributed by atoms with Gasteiger partial charge in [-0.25, -0.2) is 9.78 Å². The molecule has 5 unspecified atom stereocenters. The highest BCUT2D eigenvalue weighted by Gasteiger charge is 2.32. The van der Waals surface area contributed by atoms with Gasteiger partial charge in [-0.1, -0.05) is 0 Å². The highest BCUT2D eigenvalue weighted by molar-refractivity contribution is 7.98. The molecule has 15 heteroatoms. The molecule has 0 spiro atoms. The molecule has 1 aromatic rings. The Kier molecular flexibility index (Phi) is 12.8. The molecule has 0 bridgehead atoms. The van der Waals surface area contributed by atoms with Crippen molar-refractivity contribution in [2.45, 2.75) is 62.9 Å². The molecular weight excluding hydrogens is 484 g/mol. The van der Waals surface area contributed by atoms with Gasteiger partial charge in [0, 0.05) is 24.7 Å². The van der Waals surface area contributed by atoms with Crippen LogP contribution in [-0.2, 0) is 30.4 Å². The van der Waals surface area contributed by atoms with Crippen molar-refractivity contribution in [1.29, 1.82) is 0 Å². The van der Waals surface area contributed by atoms with Gasteiger partial charge in [0.05, 0.1) is 18.5 Å². The summed E-state index contributed by atoms with van der Waals surface area (Å²) in [5, 5.41) is 35.3. The van der Waals surface area contributed by atoms with Crippen molar-refractivity contribution >= 4 is 41.4 Å². The number of aliphatic hydroxyl groups excluding tert-OH is 1. The number of hydrogen-bond acceptors (Lipinski definition) is 9.